The summed E-state index contributed by atoms with van der Waals surface area (Å²) in [5.74, 6) is 0.0275. The summed E-state index contributed by atoms with van der Waals surface area (Å²) in [5.41, 5.74) is 0.253. The Morgan fingerprint density at radius 3 is 2.71 bits per heavy atom. The molecular weight excluding hydrogens is 489 g/mol. The second-order valence-corrected chi connectivity index (χ2v) is 10.4. The average Bonchev–Trinajstić information content (AvgIpc) is 3.43. The highest BCUT2D eigenvalue weighted by Crippen LogP contribution is 2.45. The van der Waals surface area contributed by atoms with Gasteiger partial charge in [-0.25, -0.2) is 4.39 Å². The monoisotopic (exact) mass is 519 g/mol. The van der Waals surface area contributed by atoms with E-state index >= 15 is 4.39 Å². The van der Waals surface area contributed by atoms with E-state index in [0.717, 1.165) is 25.7 Å². The lowest BCUT2D eigenvalue weighted by molar-refractivity contribution is -0.132. The highest BCUT2D eigenvalue weighted by molar-refractivity contribution is 6.08. The molecule has 3 aliphatic rings. The molecule has 1 saturated carbocycles. The number of anilines is 1. The van der Waals surface area contributed by atoms with Crippen molar-refractivity contribution in [1.29, 1.82) is 0 Å². The first-order valence-electron chi connectivity index (χ1n) is 13.1. The van der Waals surface area contributed by atoms with E-state index in [4.69, 9.17) is 9.15 Å². The van der Waals surface area contributed by atoms with E-state index in [9.17, 15) is 14.4 Å². The van der Waals surface area contributed by atoms with Crippen molar-refractivity contribution >= 4 is 34.4 Å². The lowest BCUT2D eigenvalue weighted by Crippen LogP contribution is -2.47. The number of piperidine rings is 1. The van der Waals surface area contributed by atoms with Gasteiger partial charge in [0.2, 0.25) is 11.3 Å². The summed E-state index contributed by atoms with van der Waals surface area (Å²) in [5, 5.41) is 0.120. The molecule has 8 nitrogen and oxygen atoms in total. The van der Waals surface area contributed by atoms with Crippen LogP contribution in [0, 0.1) is 11.7 Å². The van der Waals surface area contributed by atoms with E-state index in [1.807, 2.05) is 14.4 Å². The Hall–Kier alpha value is -3.88. The maximum Gasteiger partial charge on any atom is 0.219 e. The van der Waals surface area contributed by atoms with Crippen LogP contribution in [0.5, 0.6) is 5.75 Å². The van der Waals surface area contributed by atoms with Gasteiger partial charge >= 0.3 is 0 Å². The molecule has 198 valence electrons. The van der Waals surface area contributed by atoms with Gasteiger partial charge in [-0.3, -0.25) is 14.4 Å². The molecule has 0 spiro atoms. The number of pyridine rings is 1. The fraction of sp³-hybridized carbons (Fsp3) is 0.414. The number of allylic oxidation sites excluding steroid dienone is 1. The fourth-order valence-electron chi connectivity index (χ4n) is 6.14. The number of carbonyl (C=O) groups excluding carboxylic acids is 2. The van der Waals surface area contributed by atoms with E-state index in [-0.39, 0.29) is 34.9 Å². The summed E-state index contributed by atoms with van der Waals surface area (Å²) in [6, 6.07) is 4.78. The van der Waals surface area contributed by atoms with Crippen molar-refractivity contribution in [2.24, 2.45) is 5.92 Å². The normalized spacial score (nSPS) is 21.3. The van der Waals surface area contributed by atoms with E-state index in [2.05, 4.69) is 0 Å². The summed E-state index contributed by atoms with van der Waals surface area (Å²) in [6.45, 7) is 3.41. The Balaban J connectivity index is 1.46. The molecule has 1 aromatic carbocycles. The molecule has 3 aromatic rings. The zero-order chi connectivity index (χ0) is 26.6. The molecule has 3 fully saturated rings. The predicted octanol–water partition coefficient (Wildman–Crippen LogP) is 4.42. The van der Waals surface area contributed by atoms with Crippen LogP contribution in [0.25, 0.3) is 17.0 Å². The van der Waals surface area contributed by atoms with Crippen molar-refractivity contribution in [2.45, 2.75) is 44.7 Å². The minimum Gasteiger partial charge on any atom is -0.492 e. The molecular formula is C29H30FN3O5. The van der Waals surface area contributed by atoms with Crippen molar-refractivity contribution in [2.75, 3.05) is 31.6 Å². The van der Waals surface area contributed by atoms with Gasteiger partial charge in [-0.2, -0.15) is 0 Å². The Kier molecular flexibility index (Phi) is 6.08. The molecule has 9 heteroatoms. The van der Waals surface area contributed by atoms with Gasteiger partial charge in [0, 0.05) is 38.8 Å². The third kappa shape index (κ3) is 4.10. The number of ketones is 1. The summed E-state index contributed by atoms with van der Waals surface area (Å²) in [7, 11) is 1.48. The van der Waals surface area contributed by atoms with Crippen LogP contribution < -0.4 is 15.1 Å². The van der Waals surface area contributed by atoms with Crippen LogP contribution >= 0.6 is 0 Å². The molecule has 2 aliphatic heterocycles. The highest BCUT2D eigenvalue weighted by atomic mass is 19.1. The first kappa shape index (κ1) is 24.5. The molecule has 2 unspecified atom stereocenters. The fourth-order valence-corrected chi connectivity index (χ4v) is 6.14. The second-order valence-electron chi connectivity index (χ2n) is 10.4. The minimum atomic E-state index is -0.572. The molecule has 4 heterocycles. The number of hydrogen-bond donors (Lipinski definition) is 0. The molecule has 1 aliphatic carbocycles. The zero-order valence-electron chi connectivity index (χ0n) is 21.5. The predicted molar refractivity (Wildman–Crippen MR) is 141 cm³/mol. The third-order valence-corrected chi connectivity index (χ3v) is 8.05. The van der Waals surface area contributed by atoms with Crippen LogP contribution in [-0.2, 0) is 4.79 Å². The largest absolute Gasteiger partial charge is 0.492 e. The maximum atomic E-state index is 15.9. The van der Waals surface area contributed by atoms with Crippen molar-refractivity contribution in [3.8, 4) is 5.75 Å². The number of ether oxygens (including phenoxy) is 1. The molecule has 2 saturated heterocycles. The Morgan fingerprint density at radius 1 is 1.21 bits per heavy atom. The number of carbonyl (C=O) groups is 2. The van der Waals surface area contributed by atoms with Gasteiger partial charge in [-0.05, 0) is 62.0 Å². The smallest absolute Gasteiger partial charge is 0.219 e. The van der Waals surface area contributed by atoms with Crippen LogP contribution in [-0.4, -0.2) is 53.9 Å². The van der Waals surface area contributed by atoms with Crippen molar-refractivity contribution in [3.05, 3.63) is 64.1 Å². The summed E-state index contributed by atoms with van der Waals surface area (Å²) >= 11 is 0. The highest BCUT2D eigenvalue weighted by Gasteiger charge is 2.42. The van der Waals surface area contributed by atoms with Gasteiger partial charge in [0.1, 0.15) is 11.4 Å². The average molecular weight is 520 g/mol. The number of rotatable bonds is 6. The van der Waals surface area contributed by atoms with Crippen molar-refractivity contribution in [1.82, 2.24) is 9.47 Å². The van der Waals surface area contributed by atoms with Crippen LogP contribution in [0.1, 0.15) is 54.8 Å². The molecule has 0 bridgehead atoms. The number of furan rings is 1. The lowest BCUT2D eigenvalue weighted by Gasteiger charge is -2.36. The molecule has 1 amide bonds. The standard InChI is InChI=1S/C29H30FN3O5/c1-17(34)32-11-3-5-18-14-31(16-24(18)32)27-23(30)13-21-26(29(27)37-2)33(19-7-8-19)15-22(28(21)36)25(35)10-9-20-6-4-12-38-20/h4,6,9-10,12-13,15,18-19,24H,3,5,7-8,11,14,16H2,1-2H3. The number of nitrogens with zero attached hydrogens (tertiary/aromatic N) is 3. The van der Waals surface area contributed by atoms with Crippen LogP contribution in [0.2, 0.25) is 0 Å². The van der Waals surface area contributed by atoms with Gasteiger partial charge in [-0.15, -0.1) is 0 Å². The van der Waals surface area contributed by atoms with Crippen LogP contribution in [0.3, 0.4) is 0 Å². The van der Waals surface area contributed by atoms with Crippen LogP contribution in [0.4, 0.5) is 10.1 Å². The first-order chi connectivity index (χ1) is 18.4. The summed E-state index contributed by atoms with van der Waals surface area (Å²) in [6.07, 6.45) is 9.59. The van der Waals surface area contributed by atoms with Crippen LogP contribution in [0.15, 0.2) is 45.9 Å². The van der Waals surface area contributed by atoms with Crippen molar-refractivity contribution in [3.63, 3.8) is 0 Å². The molecule has 0 N–H and O–H groups in total. The molecule has 38 heavy (non-hydrogen) atoms. The van der Waals surface area contributed by atoms with Gasteiger partial charge in [0.05, 0.1) is 35.9 Å². The van der Waals surface area contributed by atoms with E-state index in [0.29, 0.717) is 42.3 Å². The topological polar surface area (TPSA) is 85.0 Å². The quantitative estimate of drug-likeness (QED) is 0.354. The Morgan fingerprint density at radius 2 is 2.03 bits per heavy atom. The summed E-state index contributed by atoms with van der Waals surface area (Å²) < 4.78 is 28.8. The third-order valence-electron chi connectivity index (χ3n) is 8.05. The number of likely N-dealkylation sites (tertiary alicyclic amines) is 1. The minimum absolute atomic E-state index is 0.0209. The SMILES string of the molecule is COc1c(N2CC3CCCN(C(C)=O)C3C2)c(F)cc2c(=O)c(C(=O)C=Cc3ccco3)cn(C3CC3)c12. The van der Waals surface area contributed by atoms with Crippen molar-refractivity contribution < 1.29 is 23.1 Å². The Labute approximate surface area is 219 Å². The first-order valence-corrected chi connectivity index (χ1v) is 13.1. The van der Waals surface area contributed by atoms with E-state index < -0.39 is 17.0 Å². The number of aromatic nitrogens is 1. The van der Waals surface area contributed by atoms with Gasteiger partial charge < -0.3 is 23.5 Å². The number of amides is 1. The van der Waals surface area contributed by atoms with Gasteiger partial charge in [-0.1, -0.05) is 0 Å². The Bertz CT molecular complexity index is 1500. The number of hydrogen-bond acceptors (Lipinski definition) is 6. The van der Waals surface area contributed by atoms with Gasteiger partial charge in [0.25, 0.3) is 0 Å². The number of benzene rings is 1. The molecule has 2 atom stereocenters. The lowest BCUT2D eigenvalue weighted by atomic mass is 9.92. The van der Waals surface area contributed by atoms with E-state index in [1.165, 1.54) is 31.6 Å². The molecule has 6 rings (SSSR count). The molecule has 2 aromatic heterocycles. The van der Waals surface area contributed by atoms with Gasteiger partial charge in [0.15, 0.2) is 17.3 Å². The number of methoxy groups -OCH3 is 1. The maximum absolute atomic E-state index is 15.9. The van der Waals surface area contributed by atoms with E-state index in [1.54, 1.807) is 25.3 Å². The second kappa shape index (κ2) is 9.45. The zero-order valence-corrected chi connectivity index (χ0v) is 21.5. The number of fused-ring (bicyclic) bond motifs is 2. The molecule has 0 radical (unpaired) electrons. The number of halogens is 1. The summed E-state index contributed by atoms with van der Waals surface area (Å²) in [4.78, 5) is 42.7.